The van der Waals surface area contributed by atoms with Crippen LogP contribution in [-0.4, -0.2) is 55.7 Å². The topological polar surface area (TPSA) is 67.9 Å². The predicted molar refractivity (Wildman–Crippen MR) is 106 cm³/mol. The molecule has 5 atom stereocenters. The van der Waals surface area contributed by atoms with Crippen LogP contribution in [0.1, 0.15) is 38.7 Å². The first-order valence-corrected chi connectivity index (χ1v) is 10.2. The van der Waals surface area contributed by atoms with E-state index in [-0.39, 0.29) is 23.8 Å². The molecule has 2 fully saturated rings. The molecular weight excluding hydrogens is 356 g/mol. The third kappa shape index (κ3) is 2.47. The summed E-state index contributed by atoms with van der Waals surface area (Å²) in [7, 11) is 2.99. The molecule has 2 saturated heterocycles. The Kier molecular flexibility index (Phi) is 4.74. The first-order valence-electron chi connectivity index (χ1n) is 10.2. The second-order valence-corrected chi connectivity index (χ2v) is 8.55. The average molecular weight is 386 g/mol. The summed E-state index contributed by atoms with van der Waals surface area (Å²) in [5.74, 6) is 0.0594. The average Bonchev–Trinajstić information content (AvgIpc) is 3.24. The van der Waals surface area contributed by atoms with E-state index in [1.165, 1.54) is 7.11 Å². The number of hydrogen-bond acceptors (Lipinski definition) is 5. The summed E-state index contributed by atoms with van der Waals surface area (Å²) < 4.78 is 10.9. The molecule has 4 rings (SSSR count). The Morgan fingerprint density at radius 2 is 2.11 bits per heavy atom. The fraction of sp³-hybridized carbons (Fsp3) is 0.636. The van der Waals surface area contributed by atoms with Crippen molar-refractivity contribution < 1.29 is 19.1 Å². The molecule has 1 amide bonds. The number of methoxy groups -OCH3 is 2. The minimum absolute atomic E-state index is 0.00765. The zero-order valence-electron chi connectivity index (χ0n) is 17.2. The number of anilines is 1. The van der Waals surface area contributed by atoms with Crippen molar-refractivity contribution in [2.75, 3.05) is 32.6 Å². The van der Waals surface area contributed by atoms with E-state index in [4.69, 9.17) is 9.47 Å². The highest BCUT2D eigenvalue weighted by molar-refractivity contribution is 6.07. The summed E-state index contributed by atoms with van der Waals surface area (Å²) in [6.07, 6.45) is 2.50. The van der Waals surface area contributed by atoms with Crippen LogP contribution >= 0.6 is 0 Å². The fourth-order valence-corrected chi connectivity index (χ4v) is 5.98. The first kappa shape index (κ1) is 19.4. The van der Waals surface area contributed by atoms with Gasteiger partial charge in [-0.2, -0.15) is 0 Å². The van der Waals surface area contributed by atoms with Gasteiger partial charge in [0.2, 0.25) is 5.91 Å². The molecule has 0 saturated carbocycles. The van der Waals surface area contributed by atoms with Gasteiger partial charge in [0.15, 0.2) is 5.60 Å². The molecule has 3 aliphatic rings. The molecule has 6 nitrogen and oxygen atoms in total. The number of carbonyl (C=O) groups excluding carboxylic acids is 2. The molecule has 0 bridgehead atoms. The summed E-state index contributed by atoms with van der Waals surface area (Å²) in [6.45, 7) is 5.78. The molecule has 3 heterocycles. The number of rotatable bonds is 4. The number of amides is 1. The number of piperidine rings is 1. The molecule has 1 N–H and O–H groups in total. The maximum atomic E-state index is 13.2. The maximum Gasteiger partial charge on any atom is 0.338 e. The third-order valence-corrected chi connectivity index (χ3v) is 7.63. The molecule has 1 aromatic carbocycles. The minimum atomic E-state index is -1.01. The molecule has 1 aromatic rings. The summed E-state index contributed by atoms with van der Waals surface area (Å²) in [6, 6.07) is 8.08. The number of para-hydroxylation sites is 1. The van der Waals surface area contributed by atoms with Gasteiger partial charge in [-0.1, -0.05) is 31.5 Å². The van der Waals surface area contributed by atoms with E-state index in [1.54, 1.807) is 7.11 Å². The van der Waals surface area contributed by atoms with Gasteiger partial charge in [0.05, 0.1) is 12.5 Å². The van der Waals surface area contributed by atoms with E-state index in [9.17, 15) is 9.59 Å². The van der Waals surface area contributed by atoms with Gasteiger partial charge in [0, 0.05) is 31.3 Å². The van der Waals surface area contributed by atoms with E-state index in [1.807, 2.05) is 25.1 Å². The monoisotopic (exact) mass is 386 g/mol. The van der Waals surface area contributed by atoms with Gasteiger partial charge < -0.3 is 14.8 Å². The maximum absolute atomic E-state index is 13.2. The zero-order valence-corrected chi connectivity index (χ0v) is 17.2. The summed E-state index contributed by atoms with van der Waals surface area (Å²) >= 11 is 0. The number of nitrogens with zero attached hydrogens (tertiary/aromatic N) is 1. The fourth-order valence-electron chi connectivity index (χ4n) is 5.98. The van der Waals surface area contributed by atoms with Gasteiger partial charge in [0.1, 0.15) is 0 Å². The molecule has 152 valence electrons. The Labute approximate surface area is 166 Å². The number of benzene rings is 1. The molecule has 3 aliphatic heterocycles. The lowest BCUT2D eigenvalue weighted by Crippen LogP contribution is -2.59. The Morgan fingerprint density at radius 1 is 1.36 bits per heavy atom. The number of nitrogens with one attached hydrogen (secondary N) is 1. The summed E-state index contributed by atoms with van der Waals surface area (Å²) in [5.41, 5.74) is 0.461. The van der Waals surface area contributed by atoms with Crippen LogP contribution in [0.2, 0.25) is 0 Å². The molecule has 0 radical (unpaired) electrons. The number of esters is 1. The van der Waals surface area contributed by atoms with E-state index >= 15 is 0 Å². The van der Waals surface area contributed by atoms with Crippen LogP contribution in [0.4, 0.5) is 5.69 Å². The Bertz CT molecular complexity index is 796. The number of carbonyl (C=O) groups is 2. The first-order chi connectivity index (χ1) is 13.4. The van der Waals surface area contributed by atoms with Crippen LogP contribution in [0.3, 0.4) is 0 Å². The van der Waals surface area contributed by atoms with E-state index in [0.29, 0.717) is 5.92 Å². The lowest BCUT2D eigenvalue weighted by Gasteiger charge is -2.49. The molecule has 6 heteroatoms. The normalized spacial score (nSPS) is 33.9. The van der Waals surface area contributed by atoms with Gasteiger partial charge in [-0.05, 0) is 43.9 Å². The summed E-state index contributed by atoms with van der Waals surface area (Å²) in [4.78, 5) is 28.3. The van der Waals surface area contributed by atoms with Crippen molar-refractivity contribution in [2.45, 2.75) is 50.2 Å². The highest BCUT2D eigenvalue weighted by Gasteiger charge is 2.62. The van der Waals surface area contributed by atoms with Crippen molar-refractivity contribution >= 4 is 17.6 Å². The number of fused-ring (bicyclic) bond motifs is 4. The Balaban J connectivity index is 1.75. The molecule has 28 heavy (non-hydrogen) atoms. The van der Waals surface area contributed by atoms with Crippen molar-refractivity contribution in [2.24, 2.45) is 11.8 Å². The zero-order chi connectivity index (χ0) is 20.1. The van der Waals surface area contributed by atoms with Crippen molar-refractivity contribution in [1.82, 2.24) is 4.90 Å². The van der Waals surface area contributed by atoms with Crippen LogP contribution in [0.5, 0.6) is 0 Å². The van der Waals surface area contributed by atoms with Crippen LogP contribution in [0.25, 0.3) is 0 Å². The number of ether oxygens (including phenoxy) is 2. The lowest BCUT2D eigenvalue weighted by molar-refractivity contribution is -0.178. The third-order valence-electron chi connectivity index (χ3n) is 7.63. The van der Waals surface area contributed by atoms with Gasteiger partial charge in [0.25, 0.3) is 0 Å². The van der Waals surface area contributed by atoms with Gasteiger partial charge in [-0.25, -0.2) is 4.79 Å². The molecule has 2 unspecified atom stereocenters. The number of hydrogen-bond donors (Lipinski definition) is 1. The molecule has 1 spiro atoms. The minimum Gasteiger partial charge on any atom is -0.467 e. The standard InChI is InChI=1S/C22H30N2O4/c1-5-14-13-24-11-10-22(15-8-6-7-9-17(15)23-19(22)25)18(24)12-16(14)21(2,28-4)20(26)27-3/h6-9,14,16,18H,5,10-13H2,1-4H3,(H,23,25)/t14-,16-,18?,21?,22-/m0/s1. The summed E-state index contributed by atoms with van der Waals surface area (Å²) in [5, 5.41) is 3.10. The van der Waals surface area contributed by atoms with Crippen LogP contribution in [0.15, 0.2) is 24.3 Å². The molecule has 0 aromatic heterocycles. The van der Waals surface area contributed by atoms with E-state index in [0.717, 1.165) is 43.6 Å². The van der Waals surface area contributed by atoms with Crippen LogP contribution in [0, 0.1) is 11.8 Å². The predicted octanol–water partition coefficient (Wildman–Crippen LogP) is 2.58. The highest BCUT2D eigenvalue weighted by atomic mass is 16.6. The van der Waals surface area contributed by atoms with Gasteiger partial charge in [-0.15, -0.1) is 0 Å². The SMILES string of the molecule is CC[C@H]1CN2CC[C@@]3(C(=O)Nc4ccccc43)C2C[C@@H]1C(C)(OC)C(=O)OC. The Morgan fingerprint density at radius 3 is 2.79 bits per heavy atom. The largest absolute Gasteiger partial charge is 0.467 e. The van der Waals surface area contributed by atoms with Gasteiger partial charge in [-0.3, -0.25) is 9.69 Å². The van der Waals surface area contributed by atoms with E-state index < -0.39 is 11.0 Å². The Hall–Kier alpha value is -1.92. The second-order valence-electron chi connectivity index (χ2n) is 8.55. The van der Waals surface area contributed by atoms with Crippen molar-refractivity contribution in [1.29, 1.82) is 0 Å². The van der Waals surface area contributed by atoms with Crippen molar-refractivity contribution in [3.63, 3.8) is 0 Å². The molecular formula is C22H30N2O4. The smallest absolute Gasteiger partial charge is 0.338 e. The quantitative estimate of drug-likeness (QED) is 0.806. The lowest BCUT2D eigenvalue weighted by atomic mass is 9.65. The molecule has 0 aliphatic carbocycles. The van der Waals surface area contributed by atoms with Crippen LogP contribution < -0.4 is 5.32 Å². The highest BCUT2D eigenvalue weighted by Crippen LogP contribution is 2.53. The van der Waals surface area contributed by atoms with Crippen molar-refractivity contribution in [3.05, 3.63) is 29.8 Å². The second kappa shape index (κ2) is 6.85. The van der Waals surface area contributed by atoms with E-state index in [2.05, 4.69) is 23.2 Å². The van der Waals surface area contributed by atoms with Crippen LogP contribution in [-0.2, 0) is 24.5 Å². The van der Waals surface area contributed by atoms with Crippen molar-refractivity contribution in [3.8, 4) is 0 Å². The van der Waals surface area contributed by atoms with Gasteiger partial charge >= 0.3 is 5.97 Å².